The van der Waals surface area contributed by atoms with Crippen LogP contribution in [0.3, 0.4) is 0 Å². The van der Waals surface area contributed by atoms with Gasteiger partial charge in [0.2, 0.25) is 0 Å². The van der Waals surface area contributed by atoms with Gasteiger partial charge in [0.25, 0.3) is 5.91 Å². The number of ether oxygens (including phenoxy) is 2. The van der Waals surface area contributed by atoms with Crippen LogP contribution in [0.2, 0.25) is 0 Å². The molecule has 0 aliphatic heterocycles. The molecule has 26 heavy (non-hydrogen) atoms. The topological polar surface area (TPSA) is 47.6 Å². The maximum atomic E-state index is 12.1. The molecule has 0 bridgehead atoms. The predicted molar refractivity (Wildman–Crippen MR) is 106 cm³/mol. The molecule has 0 aromatic heterocycles. The van der Waals surface area contributed by atoms with Crippen molar-refractivity contribution in [1.29, 1.82) is 0 Å². The number of hydrogen-bond donors (Lipinski definition) is 1. The van der Waals surface area contributed by atoms with E-state index in [-0.39, 0.29) is 24.0 Å². The number of nitrogens with one attached hydrogen (secondary N) is 1. The van der Waals surface area contributed by atoms with Crippen LogP contribution in [0, 0.1) is 0 Å². The molecule has 0 aliphatic rings. The summed E-state index contributed by atoms with van der Waals surface area (Å²) in [6, 6.07) is 15.3. The third kappa shape index (κ3) is 5.80. The second-order valence-electron chi connectivity index (χ2n) is 7.29. The minimum Gasteiger partial charge on any atom is -0.491 e. The first-order valence-corrected chi connectivity index (χ1v) is 9.10. The fourth-order valence-corrected chi connectivity index (χ4v) is 2.47. The van der Waals surface area contributed by atoms with Crippen molar-refractivity contribution in [2.45, 2.75) is 52.6 Å². The number of rotatable bonds is 8. The molecule has 0 radical (unpaired) electrons. The zero-order valence-electron chi connectivity index (χ0n) is 16.3. The highest BCUT2D eigenvalue weighted by atomic mass is 16.5. The molecule has 0 aliphatic carbocycles. The van der Waals surface area contributed by atoms with E-state index in [9.17, 15) is 4.79 Å². The second kappa shape index (κ2) is 8.75. The average Bonchev–Trinajstić information content (AvgIpc) is 2.60. The first-order chi connectivity index (χ1) is 12.3. The fourth-order valence-electron chi connectivity index (χ4n) is 2.47. The Morgan fingerprint density at radius 2 is 1.77 bits per heavy atom. The Bertz CT molecular complexity index is 720. The van der Waals surface area contributed by atoms with E-state index in [1.165, 1.54) is 5.56 Å². The molecule has 1 amide bonds. The van der Waals surface area contributed by atoms with Crippen LogP contribution in [0.4, 0.5) is 5.69 Å². The van der Waals surface area contributed by atoms with Gasteiger partial charge in [-0.2, -0.15) is 0 Å². The lowest BCUT2D eigenvalue weighted by atomic mass is 9.82. The van der Waals surface area contributed by atoms with Crippen LogP contribution in [0.15, 0.2) is 48.5 Å². The van der Waals surface area contributed by atoms with Crippen LogP contribution in [0.1, 0.15) is 46.6 Å². The van der Waals surface area contributed by atoms with Crippen LogP contribution in [-0.2, 0) is 10.2 Å². The molecule has 0 heterocycles. The van der Waals surface area contributed by atoms with Crippen LogP contribution in [0.5, 0.6) is 11.5 Å². The van der Waals surface area contributed by atoms with Gasteiger partial charge >= 0.3 is 0 Å². The zero-order valence-corrected chi connectivity index (χ0v) is 16.3. The standard InChI is InChI=1S/C22H29NO3/c1-6-22(4,5)17-10-12-19(13-11-17)25-15-21(24)23-18-8-7-9-20(14-18)26-16(2)3/h7-14,16H,6,15H2,1-5H3,(H,23,24). The van der Waals surface area contributed by atoms with Crippen LogP contribution in [0.25, 0.3) is 0 Å². The molecule has 2 rings (SSSR count). The van der Waals surface area contributed by atoms with Gasteiger partial charge in [-0.25, -0.2) is 0 Å². The molecule has 1 N–H and O–H groups in total. The Balaban J connectivity index is 1.89. The summed E-state index contributed by atoms with van der Waals surface area (Å²) in [7, 11) is 0. The van der Waals surface area contributed by atoms with E-state index in [2.05, 4.69) is 38.2 Å². The van der Waals surface area contributed by atoms with Gasteiger partial charge in [0.1, 0.15) is 11.5 Å². The van der Waals surface area contributed by atoms with Crippen molar-refractivity contribution < 1.29 is 14.3 Å². The molecule has 0 atom stereocenters. The number of anilines is 1. The first kappa shape index (κ1) is 19.8. The SMILES string of the molecule is CCC(C)(C)c1ccc(OCC(=O)Nc2cccc(OC(C)C)c2)cc1. The molecule has 0 saturated carbocycles. The van der Waals surface area contributed by atoms with E-state index in [4.69, 9.17) is 9.47 Å². The molecule has 4 heteroatoms. The molecule has 2 aromatic carbocycles. The largest absolute Gasteiger partial charge is 0.491 e. The lowest BCUT2D eigenvalue weighted by Gasteiger charge is -2.23. The molecular weight excluding hydrogens is 326 g/mol. The number of hydrogen-bond acceptors (Lipinski definition) is 3. The molecule has 0 saturated heterocycles. The van der Waals surface area contributed by atoms with Crippen LogP contribution < -0.4 is 14.8 Å². The summed E-state index contributed by atoms with van der Waals surface area (Å²) in [4.78, 5) is 12.1. The van der Waals surface area contributed by atoms with Gasteiger partial charge in [0.05, 0.1) is 6.10 Å². The van der Waals surface area contributed by atoms with E-state index < -0.39 is 0 Å². The number of benzene rings is 2. The monoisotopic (exact) mass is 355 g/mol. The van der Waals surface area contributed by atoms with E-state index in [0.717, 1.165) is 12.2 Å². The summed E-state index contributed by atoms with van der Waals surface area (Å²) >= 11 is 0. The number of amides is 1. The third-order valence-electron chi connectivity index (χ3n) is 4.38. The zero-order chi connectivity index (χ0) is 19.2. The summed E-state index contributed by atoms with van der Waals surface area (Å²) in [5.74, 6) is 1.21. The second-order valence-corrected chi connectivity index (χ2v) is 7.29. The van der Waals surface area contributed by atoms with Crippen molar-refractivity contribution in [1.82, 2.24) is 0 Å². The number of carbonyl (C=O) groups excluding carboxylic acids is 1. The summed E-state index contributed by atoms with van der Waals surface area (Å²) in [6.07, 6.45) is 1.15. The molecule has 4 nitrogen and oxygen atoms in total. The lowest BCUT2D eigenvalue weighted by molar-refractivity contribution is -0.118. The van der Waals surface area contributed by atoms with Crippen molar-refractivity contribution in [3.05, 3.63) is 54.1 Å². The fraction of sp³-hybridized carbons (Fsp3) is 0.409. The number of carbonyl (C=O) groups is 1. The molecule has 0 unspecified atom stereocenters. The first-order valence-electron chi connectivity index (χ1n) is 9.10. The van der Waals surface area contributed by atoms with Gasteiger partial charge in [-0.05, 0) is 55.5 Å². The van der Waals surface area contributed by atoms with Gasteiger partial charge in [-0.3, -0.25) is 4.79 Å². The Kier molecular flexibility index (Phi) is 6.67. The van der Waals surface area contributed by atoms with Crippen molar-refractivity contribution >= 4 is 11.6 Å². The maximum absolute atomic E-state index is 12.1. The molecule has 2 aromatic rings. The van der Waals surface area contributed by atoms with Gasteiger partial charge in [-0.15, -0.1) is 0 Å². The normalized spacial score (nSPS) is 11.3. The van der Waals surface area contributed by atoms with E-state index in [0.29, 0.717) is 11.4 Å². The van der Waals surface area contributed by atoms with Crippen molar-refractivity contribution in [2.24, 2.45) is 0 Å². The predicted octanol–water partition coefficient (Wildman–Crippen LogP) is 5.18. The Hall–Kier alpha value is -2.49. The summed E-state index contributed by atoms with van der Waals surface area (Å²) in [5.41, 5.74) is 2.09. The minimum absolute atomic E-state index is 0.0359. The van der Waals surface area contributed by atoms with E-state index >= 15 is 0 Å². The Morgan fingerprint density at radius 3 is 2.38 bits per heavy atom. The summed E-state index contributed by atoms with van der Waals surface area (Å²) in [6.45, 7) is 10.5. The van der Waals surface area contributed by atoms with Crippen molar-refractivity contribution in [2.75, 3.05) is 11.9 Å². The van der Waals surface area contributed by atoms with Gasteiger partial charge < -0.3 is 14.8 Å². The minimum atomic E-state index is -0.204. The third-order valence-corrected chi connectivity index (χ3v) is 4.38. The smallest absolute Gasteiger partial charge is 0.262 e. The highest BCUT2D eigenvalue weighted by Gasteiger charge is 2.17. The lowest BCUT2D eigenvalue weighted by Crippen LogP contribution is -2.20. The van der Waals surface area contributed by atoms with Crippen molar-refractivity contribution in [3.63, 3.8) is 0 Å². The molecule has 140 valence electrons. The van der Waals surface area contributed by atoms with Gasteiger partial charge in [0, 0.05) is 11.8 Å². The van der Waals surface area contributed by atoms with Gasteiger partial charge in [0.15, 0.2) is 6.61 Å². The van der Waals surface area contributed by atoms with E-state index in [1.807, 2.05) is 44.2 Å². The Morgan fingerprint density at radius 1 is 1.08 bits per heavy atom. The molecule has 0 spiro atoms. The van der Waals surface area contributed by atoms with E-state index in [1.54, 1.807) is 6.07 Å². The van der Waals surface area contributed by atoms with Gasteiger partial charge in [-0.1, -0.05) is 39.0 Å². The van der Waals surface area contributed by atoms with Crippen LogP contribution >= 0.6 is 0 Å². The quantitative estimate of drug-likeness (QED) is 0.710. The molecule has 0 fully saturated rings. The van der Waals surface area contributed by atoms with Crippen molar-refractivity contribution in [3.8, 4) is 11.5 Å². The molecular formula is C22H29NO3. The Labute approximate surface area is 156 Å². The average molecular weight is 355 g/mol. The highest BCUT2D eigenvalue weighted by molar-refractivity contribution is 5.92. The maximum Gasteiger partial charge on any atom is 0.262 e. The summed E-state index contributed by atoms with van der Waals surface area (Å²) < 4.78 is 11.2. The summed E-state index contributed by atoms with van der Waals surface area (Å²) in [5, 5.41) is 2.83. The highest BCUT2D eigenvalue weighted by Crippen LogP contribution is 2.28. The van der Waals surface area contributed by atoms with Crippen LogP contribution in [-0.4, -0.2) is 18.6 Å².